The molecule has 0 amide bonds. The summed E-state index contributed by atoms with van der Waals surface area (Å²) >= 11 is 0. The van der Waals surface area contributed by atoms with E-state index in [0.717, 1.165) is 0 Å². The third-order valence-corrected chi connectivity index (χ3v) is 4.03. The molecule has 2 aliphatic rings. The molecule has 0 aromatic rings. The molecule has 1 spiro atoms. The van der Waals surface area contributed by atoms with Crippen molar-refractivity contribution in [3.05, 3.63) is 0 Å². The van der Waals surface area contributed by atoms with Crippen molar-refractivity contribution < 1.29 is 26.6 Å². The first-order valence-corrected chi connectivity index (χ1v) is 6.93. The quantitative estimate of drug-likeness (QED) is 0.546. The number of cyclic esters (lactones) is 1. The fourth-order valence-corrected chi connectivity index (χ4v) is 3.51. The van der Waals surface area contributed by atoms with Gasteiger partial charge in [-0.2, -0.15) is 8.42 Å². The summed E-state index contributed by atoms with van der Waals surface area (Å²) in [6, 6.07) is 0. The van der Waals surface area contributed by atoms with Crippen molar-refractivity contribution in [3.8, 4) is 0 Å². The first-order chi connectivity index (χ1) is 7.62. The number of esters is 1. The van der Waals surface area contributed by atoms with Gasteiger partial charge < -0.3 is 9.47 Å². The highest BCUT2D eigenvalue weighted by molar-refractivity contribution is 7.86. The summed E-state index contributed by atoms with van der Waals surface area (Å²) in [7, 11) is -4.66. The molecule has 0 aromatic carbocycles. The molecule has 7 heteroatoms. The molecule has 2 heterocycles. The average Bonchev–Trinajstić information content (AvgIpc) is 2.52. The van der Waals surface area contributed by atoms with Gasteiger partial charge in [0.2, 0.25) is 0 Å². The van der Waals surface area contributed by atoms with Gasteiger partial charge >= 0.3 is 16.2 Å². The zero-order chi connectivity index (χ0) is 12.9. The molecule has 2 rings (SSSR count). The molecule has 5 nitrogen and oxygen atoms in total. The summed E-state index contributed by atoms with van der Waals surface area (Å²) in [6.45, 7) is 3.93. The van der Waals surface area contributed by atoms with Crippen LogP contribution in [0.1, 0.15) is 26.7 Å². The third-order valence-electron chi connectivity index (χ3n) is 3.33. The lowest BCUT2D eigenvalue weighted by Crippen LogP contribution is -2.37. The van der Waals surface area contributed by atoms with Crippen molar-refractivity contribution in [3.63, 3.8) is 0 Å². The van der Waals surface area contributed by atoms with E-state index in [1.54, 1.807) is 0 Å². The fraction of sp³-hybridized carbons (Fsp3) is 0.900. The van der Waals surface area contributed by atoms with Crippen LogP contribution in [0.15, 0.2) is 0 Å². The van der Waals surface area contributed by atoms with Crippen LogP contribution < -0.4 is 0 Å². The minimum Gasteiger partial charge on any atom is -0.460 e. The van der Waals surface area contributed by atoms with Gasteiger partial charge in [-0.05, 0) is 20.3 Å². The maximum Gasteiger partial charge on any atom is 0.306 e. The molecule has 0 N–H and O–H groups in total. The molecule has 0 saturated carbocycles. The Morgan fingerprint density at radius 2 is 2.12 bits per heavy atom. The number of hydrogen-bond donors (Lipinski definition) is 0. The Bertz CT molecular complexity index is 444. The Kier molecular flexibility index (Phi) is 2.74. The van der Waals surface area contributed by atoms with Gasteiger partial charge in [0, 0.05) is 5.41 Å². The molecule has 0 aromatic heterocycles. The van der Waals surface area contributed by atoms with E-state index in [-0.39, 0.29) is 13.0 Å². The van der Waals surface area contributed by atoms with Crippen molar-refractivity contribution in [1.29, 1.82) is 0 Å². The summed E-state index contributed by atoms with van der Waals surface area (Å²) < 4.78 is 44.6. The van der Waals surface area contributed by atoms with E-state index in [2.05, 4.69) is 0 Å². The van der Waals surface area contributed by atoms with Crippen LogP contribution >= 0.6 is 0 Å². The Hall–Kier alpha value is -0.690. The van der Waals surface area contributed by atoms with E-state index in [4.69, 9.17) is 9.47 Å². The monoisotopic (exact) mass is 266 g/mol. The number of hydrogen-bond acceptors (Lipinski definition) is 5. The maximum atomic E-state index is 12.7. The van der Waals surface area contributed by atoms with Crippen LogP contribution in [-0.4, -0.2) is 38.5 Å². The number of ether oxygens (including phenoxy) is 2. The highest BCUT2D eigenvalue weighted by Gasteiger charge is 2.57. The molecule has 2 aliphatic heterocycles. The van der Waals surface area contributed by atoms with Gasteiger partial charge in [0.1, 0.15) is 11.9 Å². The van der Waals surface area contributed by atoms with Crippen LogP contribution in [0.4, 0.5) is 3.89 Å². The Morgan fingerprint density at radius 3 is 2.59 bits per heavy atom. The molecular formula is C10H15FO5S. The second-order valence-corrected chi connectivity index (χ2v) is 6.86. The highest BCUT2D eigenvalue weighted by Crippen LogP contribution is 2.49. The predicted molar refractivity (Wildman–Crippen MR) is 56.5 cm³/mol. The normalized spacial score (nSPS) is 36.4. The van der Waals surface area contributed by atoms with Crippen LogP contribution in [0.2, 0.25) is 0 Å². The minimum atomic E-state index is -4.66. The van der Waals surface area contributed by atoms with E-state index in [1.165, 1.54) is 0 Å². The topological polar surface area (TPSA) is 69.7 Å². The average molecular weight is 266 g/mol. The third kappa shape index (κ3) is 2.60. The lowest BCUT2D eigenvalue weighted by atomic mass is 9.77. The summed E-state index contributed by atoms with van der Waals surface area (Å²) in [6.07, 6.45) is -0.352. The van der Waals surface area contributed by atoms with Crippen LogP contribution in [0, 0.1) is 5.41 Å². The predicted octanol–water partition coefficient (Wildman–Crippen LogP) is 0.786. The number of carbonyl (C=O) groups excluding carboxylic acids is 1. The number of rotatable bonds is 2. The maximum absolute atomic E-state index is 12.7. The molecule has 0 bridgehead atoms. The molecular weight excluding hydrogens is 251 g/mol. The SMILES string of the molecule is CC1(C)CC2(CO1)CC(=O)OC2CS(=O)(=O)F. The van der Waals surface area contributed by atoms with Gasteiger partial charge in [-0.15, -0.1) is 3.89 Å². The molecule has 0 radical (unpaired) electrons. The van der Waals surface area contributed by atoms with Crippen molar-refractivity contribution in [2.45, 2.75) is 38.4 Å². The number of carbonyl (C=O) groups is 1. The van der Waals surface area contributed by atoms with E-state index in [0.29, 0.717) is 6.42 Å². The van der Waals surface area contributed by atoms with Gasteiger partial charge in [-0.25, -0.2) is 0 Å². The van der Waals surface area contributed by atoms with Crippen molar-refractivity contribution in [1.82, 2.24) is 0 Å². The molecule has 2 unspecified atom stereocenters. The Labute approximate surface area is 99.5 Å². The van der Waals surface area contributed by atoms with Crippen LogP contribution in [-0.2, 0) is 24.5 Å². The summed E-state index contributed by atoms with van der Waals surface area (Å²) in [5.41, 5.74) is -1.13. The van der Waals surface area contributed by atoms with E-state index < -0.39 is 39.1 Å². The van der Waals surface area contributed by atoms with Crippen molar-refractivity contribution in [2.24, 2.45) is 5.41 Å². The van der Waals surface area contributed by atoms with Crippen LogP contribution in [0.5, 0.6) is 0 Å². The van der Waals surface area contributed by atoms with E-state index in [9.17, 15) is 17.1 Å². The Balaban J connectivity index is 2.23. The lowest BCUT2D eigenvalue weighted by Gasteiger charge is -2.26. The second kappa shape index (κ2) is 3.65. The van der Waals surface area contributed by atoms with Crippen LogP contribution in [0.3, 0.4) is 0 Å². The summed E-state index contributed by atoms with van der Waals surface area (Å²) in [4.78, 5) is 11.3. The molecule has 2 saturated heterocycles. The van der Waals surface area contributed by atoms with Gasteiger partial charge in [0.25, 0.3) is 0 Å². The highest BCUT2D eigenvalue weighted by atomic mass is 32.3. The first kappa shape index (κ1) is 12.8. The van der Waals surface area contributed by atoms with Gasteiger partial charge in [0.05, 0.1) is 18.6 Å². The van der Waals surface area contributed by atoms with Gasteiger partial charge in [-0.3, -0.25) is 4.79 Å². The van der Waals surface area contributed by atoms with Crippen LogP contribution in [0.25, 0.3) is 0 Å². The first-order valence-electron chi connectivity index (χ1n) is 5.38. The van der Waals surface area contributed by atoms with Crippen molar-refractivity contribution >= 4 is 16.2 Å². The second-order valence-electron chi connectivity index (χ2n) is 5.45. The fourth-order valence-electron chi connectivity index (χ4n) is 2.73. The minimum absolute atomic E-state index is 0.0939. The molecule has 0 aliphatic carbocycles. The zero-order valence-electron chi connectivity index (χ0n) is 9.73. The van der Waals surface area contributed by atoms with E-state index >= 15 is 0 Å². The smallest absolute Gasteiger partial charge is 0.306 e. The van der Waals surface area contributed by atoms with Gasteiger partial charge in [0.15, 0.2) is 0 Å². The summed E-state index contributed by atoms with van der Waals surface area (Å²) in [5, 5.41) is 0. The van der Waals surface area contributed by atoms with E-state index in [1.807, 2.05) is 13.8 Å². The Morgan fingerprint density at radius 1 is 1.47 bits per heavy atom. The lowest BCUT2D eigenvalue weighted by molar-refractivity contribution is -0.140. The van der Waals surface area contributed by atoms with Gasteiger partial charge in [-0.1, -0.05) is 0 Å². The molecule has 2 atom stereocenters. The van der Waals surface area contributed by atoms with Crippen molar-refractivity contribution in [2.75, 3.05) is 12.4 Å². The molecule has 2 fully saturated rings. The molecule has 98 valence electrons. The largest absolute Gasteiger partial charge is 0.460 e. The summed E-state index contributed by atoms with van der Waals surface area (Å²) in [5.74, 6) is -1.27. The number of halogens is 1. The zero-order valence-corrected chi connectivity index (χ0v) is 10.5. The molecule has 17 heavy (non-hydrogen) atoms. The standard InChI is InChI=1S/C10H15FO5S/c1-9(2)5-10(6-15-9)3-8(12)16-7(10)4-17(11,13)14/h7H,3-6H2,1-2H3.